The summed E-state index contributed by atoms with van der Waals surface area (Å²) in [4.78, 5) is 45.1. The van der Waals surface area contributed by atoms with E-state index in [1.54, 1.807) is 6.92 Å². The molecule has 4 aliphatic carbocycles. The van der Waals surface area contributed by atoms with E-state index >= 15 is 0 Å². The molecular weight excluding hydrogens is 1040 g/mol. The lowest BCUT2D eigenvalue weighted by molar-refractivity contribution is -0.141. The second-order valence-corrected chi connectivity index (χ2v) is 27.1. The number of ketones is 3. The monoisotopic (exact) mass is 1170 g/mol. The van der Waals surface area contributed by atoms with Crippen LogP contribution in [0.5, 0.6) is 0 Å². The van der Waals surface area contributed by atoms with Gasteiger partial charge in [-0.25, -0.2) is 0 Å². The molecule has 5 rings (SSSR count). The smallest absolute Gasteiger partial charge is 0.306 e. The highest BCUT2D eigenvalue weighted by atomic mass is 16.5. The summed E-state index contributed by atoms with van der Waals surface area (Å²) in [6.45, 7) is 27.9. The quantitative estimate of drug-likeness (QED) is 0.0382. The van der Waals surface area contributed by atoms with Gasteiger partial charge in [0.05, 0.1) is 12.2 Å². The van der Waals surface area contributed by atoms with E-state index in [4.69, 9.17) is 4.74 Å². The van der Waals surface area contributed by atoms with Crippen LogP contribution in [0.2, 0.25) is 0 Å². The average Bonchev–Trinajstić information content (AvgIpc) is 4.42. The molecule has 0 bridgehead atoms. The Hall–Kier alpha value is -3.42. The number of carbonyl (C=O) groups is 4. The van der Waals surface area contributed by atoms with Crippen LogP contribution in [0.3, 0.4) is 0 Å². The number of hydrogen-bond acceptors (Lipinski definition) is 7. The molecule has 8 atom stereocenters. The van der Waals surface area contributed by atoms with E-state index in [1.807, 2.05) is 6.08 Å². The summed E-state index contributed by atoms with van der Waals surface area (Å²) >= 11 is 0. The van der Waals surface area contributed by atoms with E-state index in [9.17, 15) is 29.4 Å². The molecule has 1 aliphatic heterocycles. The highest BCUT2D eigenvalue weighted by molar-refractivity contribution is 5.85. The van der Waals surface area contributed by atoms with Crippen molar-refractivity contribution in [1.82, 2.24) is 0 Å². The van der Waals surface area contributed by atoms with Gasteiger partial charge in [0.25, 0.3) is 0 Å². The van der Waals surface area contributed by atoms with Gasteiger partial charge in [-0.05, 0) is 222 Å². The molecule has 84 heavy (non-hydrogen) atoms. The predicted octanol–water partition coefficient (Wildman–Crippen LogP) is 22.0. The molecule has 2 N–H and O–H groups in total. The summed E-state index contributed by atoms with van der Waals surface area (Å²) in [7, 11) is 0. The maximum Gasteiger partial charge on any atom is 0.306 e. The van der Waals surface area contributed by atoms with Gasteiger partial charge in [0.2, 0.25) is 0 Å². The molecule has 0 aromatic carbocycles. The number of carbonyl (C=O) groups excluding carboxylic acids is 4. The average molecular weight is 1170 g/mol. The Bertz CT molecular complexity index is 2020. The lowest BCUT2D eigenvalue weighted by atomic mass is 9.84. The maximum atomic E-state index is 11.6. The molecule has 0 amide bonds. The molecule has 8 unspecified atom stereocenters. The number of aliphatic hydroxyl groups excluding tert-OH is 2. The lowest BCUT2D eigenvalue weighted by Gasteiger charge is -2.24. The van der Waals surface area contributed by atoms with E-state index in [1.165, 1.54) is 155 Å². The second-order valence-electron chi connectivity index (χ2n) is 27.1. The van der Waals surface area contributed by atoms with Crippen LogP contribution in [-0.4, -0.2) is 51.8 Å². The van der Waals surface area contributed by atoms with Gasteiger partial charge < -0.3 is 19.7 Å². The van der Waals surface area contributed by atoms with Crippen LogP contribution in [0.25, 0.3) is 0 Å². The first-order valence-electron chi connectivity index (χ1n) is 34.8. The van der Waals surface area contributed by atoms with E-state index in [0.29, 0.717) is 48.6 Å². The number of esters is 1. The molecule has 3 saturated carbocycles. The Labute approximate surface area is 518 Å². The molecule has 7 heteroatoms. The number of allylic oxidation sites excluding steroid dienone is 13. The van der Waals surface area contributed by atoms with Crippen molar-refractivity contribution in [2.45, 2.75) is 352 Å². The lowest BCUT2D eigenvalue weighted by Crippen LogP contribution is -2.17. The minimum absolute atomic E-state index is 0.000910. The summed E-state index contributed by atoms with van der Waals surface area (Å²) in [5.74, 6) is 3.24. The van der Waals surface area contributed by atoms with Gasteiger partial charge in [-0.15, -0.1) is 0 Å². The molecule has 1 heterocycles. The SMILES string of the molecule is CC(C)=CCC/C(C)=C/CC/C(C)=C/CC1CCCC1=O.CC(C)=CCC/C(C)=C/CC/C(C)=C/CC1CCCC1O.CCCCCC1C(=O)CCC1CC(C)=O.CCCCCC1CC(C)=CC(O)C1.CCCCCCCCC1CCC(=O)O1. The van der Waals surface area contributed by atoms with Gasteiger partial charge in [0.15, 0.2) is 0 Å². The van der Waals surface area contributed by atoms with Gasteiger partial charge in [-0.2, -0.15) is 0 Å². The number of hydrogen-bond donors (Lipinski definition) is 2. The van der Waals surface area contributed by atoms with Crippen molar-refractivity contribution in [2.75, 3.05) is 0 Å². The van der Waals surface area contributed by atoms with Gasteiger partial charge in [-0.3, -0.25) is 14.4 Å². The fourth-order valence-electron chi connectivity index (χ4n) is 12.6. The normalized spacial score (nSPS) is 23.5. The number of Topliss-reactive ketones (excluding diaryl/α,β-unsaturated/α-hetero) is 3. The Balaban J connectivity index is 0.000000532. The number of unbranched alkanes of at least 4 members (excludes halogenated alkanes) is 9. The first-order valence-corrected chi connectivity index (χ1v) is 34.8. The van der Waals surface area contributed by atoms with E-state index < -0.39 is 0 Å². The van der Waals surface area contributed by atoms with Crippen molar-refractivity contribution in [2.24, 2.45) is 29.6 Å². The maximum absolute atomic E-state index is 11.6. The third kappa shape index (κ3) is 41.6. The standard InChI is InChI=1S/C20H34O.C20H32O.C13H22O2.C12H22O2.C12H22O/c2*1-16(2)8-5-9-17(3)10-6-11-18(4)14-15-19-12-7-13-20(19)21;1-3-4-5-6-12-11(9-10(2)14)7-8-13(12)15;1-2-3-4-5-6-7-8-11-9-10-12(13)14-11;1-3-4-5-6-11-7-10(2)8-12(13)9-11/h8,10,14,19-21H,5-7,9,11-13,15H2,1-4H3;8,10,14,19H,5-7,9,11-13,15H2,1-4H3;11-12H,3-9H2,1-2H3;11H,2-10H2,1H3;8,11-13H,3-7,9H2,1-2H3/b2*17-10+,18-14+;;;. The van der Waals surface area contributed by atoms with Crippen LogP contribution in [0, 0.1) is 29.6 Å². The fourth-order valence-corrected chi connectivity index (χ4v) is 12.6. The minimum atomic E-state index is -0.166. The third-order valence-corrected chi connectivity index (χ3v) is 18.0. The van der Waals surface area contributed by atoms with E-state index in [0.717, 1.165) is 115 Å². The largest absolute Gasteiger partial charge is 0.462 e. The van der Waals surface area contributed by atoms with Crippen LogP contribution in [0.4, 0.5) is 0 Å². The molecule has 0 radical (unpaired) electrons. The number of ether oxygens (including phenoxy) is 1. The number of rotatable bonds is 33. The molecule has 5 aliphatic rings. The van der Waals surface area contributed by atoms with Gasteiger partial charge >= 0.3 is 5.97 Å². The van der Waals surface area contributed by atoms with Crippen molar-refractivity contribution in [1.29, 1.82) is 0 Å². The Morgan fingerprint density at radius 3 is 1.56 bits per heavy atom. The van der Waals surface area contributed by atoms with Crippen LogP contribution in [0.1, 0.15) is 334 Å². The Kier molecular flexibility index (Phi) is 46.4. The highest BCUT2D eigenvalue weighted by Gasteiger charge is 2.34. The molecule has 4 fully saturated rings. The second kappa shape index (κ2) is 49.6. The van der Waals surface area contributed by atoms with Crippen molar-refractivity contribution >= 4 is 23.3 Å². The summed E-state index contributed by atoms with van der Waals surface area (Å²) in [6.07, 6.45) is 58.6. The predicted molar refractivity (Wildman–Crippen MR) is 360 cm³/mol. The molecular formula is C77H132O7. The van der Waals surface area contributed by atoms with E-state index in [-0.39, 0.29) is 36.0 Å². The minimum Gasteiger partial charge on any atom is -0.462 e. The van der Waals surface area contributed by atoms with Crippen LogP contribution < -0.4 is 0 Å². The zero-order valence-electron chi connectivity index (χ0n) is 57.0. The van der Waals surface area contributed by atoms with Gasteiger partial charge in [-0.1, -0.05) is 186 Å². The summed E-state index contributed by atoms with van der Waals surface area (Å²) in [6, 6.07) is 0. The van der Waals surface area contributed by atoms with E-state index in [2.05, 4.69) is 120 Å². The van der Waals surface area contributed by atoms with Crippen molar-refractivity contribution < 1.29 is 34.1 Å². The van der Waals surface area contributed by atoms with Crippen molar-refractivity contribution in [3.05, 3.63) is 81.5 Å². The zero-order chi connectivity index (χ0) is 62.5. The first-order chi connectivity index (χ1) is 40.2. The molecule has 1 saturated heterocycles. The third-order valence-electron chi connectivity index (χ3n) is 18.0. The molecule has 0 spiro atoms. The van der Waals surface area contributed by atoms with Gasteiger partial charge in [0, 0.05) is 37.5 Å². The summed E-state index contributed by atoms with van der Waals surface area (Å²) in [5, 5.41) is 19.4. The zero-order valence-corrected chi connectivity index (χ0v) is 57.0. The Morgan fingerprint density at radius 2 is 1.06 bits per heavy atom. The molecule has 0 aromatic rings. The van der Waals surface area contributed by atoms with Crippen LogP contribution in [0.15, 0.2) is 81.5 Å². The topological polar surface area (TPSA) is 118 Å². The summed E-state index contributed by atoms with van der Waals surface area (Å²) in [5.41, 5.74) is 10.1. The fraction of sp³-hybridized carbons (Fsp3) is 0.766. The number of cyclic esters (lactones) is 1. The van der Waals surface area contributed by atoms with Gasteiger partial charge in [0.1, 0.15) is 23.5 Å². The van der Waals surface area contributed by atoms with Crippen molar-refractivity contribution in [3.8, 4) is 0 Å². The highest BCUT2D eigenvalue weighted by Crippen LogP contribution is 2.35. The number of aliphatic hydroxyl groups is 2. The Morgan fingerprint density at radius 1 is 0.536 bits per heavy atom. The molecule has 7 nitrogen and oxygen atoms in total. The first kappa shape index (κ1) is 78.6. The van der Waals surface area contributed by atoms with Crippen molar-refractivity contribution in [3.63, 3.8) is 0 Å². The van der Waals surface area contributed by atoms with Crippen LogP contribution in [-0.2, 0) is 23.9 Å². The molecule has 0 aromatic heterocycles. The molecule has 482 valence electrons. The summed E-state index contributed by atoms with van der Waals surface area (Å²) < 4.78 is 5.15. The van der Waals surface area contributed by atoms with Crippen LogP contribution >= 0.6 is 0 Å².